The van der Waals surface area contributed by atoms with Gasteiger partial charge in [-0.25, -0.2) is 0 Å². The molecule has 0 saturated carbocycles. The molecule has 5 heteroatoms. The standard InChI is InChI=1S/C19H27N3O2/c1-14-7-9-22(10-8-14)13-16(23)12-20-19(24)18-11-15-5-3-4-6-17(15)21(18)2/h3-6,11,14,16,23H,7-10,12-13H2,1-2H3,(H,20,24). The number of nitrogens with zero attached hydrogens (tertiary/aromatic N) is 2. The number of aryl methyl sites for hydroxylation is 1. The second-order valence-corrected chi connectivity index (χ2v) is 6.99. The highest BCUT2D eigenvalue weighted by Gasteiger charge is 2.19. The third kappa shape index (κ3) is 3.79. The van der Waals surface area contributed by atoms with Crippen LogP contribution in [0.2, 0.25) is 0 Å². The molecule has 1 aromatic carbocycles. The van der Waals surface area contributed by atoms with Gasteiger partial charge in [-0.1, -0.05) is 25.1 Å². The van der Waals surface area contributed by atoms with Crippen molar-refractivity contribution < 1.29 is 9.90 Å². The molecule has 1 saturated heterocycles. The lowest BCUT2D eigenvalue weighted by atomic mass is 9.99. The van der Waals surface area contributed by atoms with Gasteiger partial charge >= 0.3 is 0 Å². The molecule has 0 radical (unpaired) electrons. The molecule has 2 aromatic rings. The number of amides is 1. The molecule has 0 bridgehead atoms. The summed E-state index contributed by atoms with van der Waals surface area (Å²) in [4.78, 5) is 14.7. The number of fused-ring (bicyclic) bond motifs is 1. The number of likely N-dealkylation sites (tertiary alicyclic amines) is 1. The van der Waals surface area contributed by atoms with Crippen molar-refractivity contribution >= 4 is 16.8 Å². The van der Waals surface area contributed by atoms with E-state index >= 15 is 0 Å². The Hall–Kier alpha value is -1.85. The summed E-state index contributed by atoms with van der Waals surface area (Å²) in [6.45, 7) is 5.26. The first-order chi connectivity index (χ1) is 11.5. The van der Waals surface area contributed by atoms with Gasteiger partial charge in [0.05, 0.1) is 6.10 Å². The Bertz CT molecular complexity index is 702. The Morgan fingerprint density at radius 3 is 2.75 bits per heavy atom. The number of carbonyl (C=O) groups excluding carboxylic acids is 1. The Morgan fingerprint density at radius 2 is 2.04 bits per heavy atom. The summed E-state index contributed by atoms with van der Waals surface area (Å²) in [6, 6.07) is 9.82. The highest BCUT2D eigenvalue weighted by molar-refractivity contribution is 5.98. The lowest BCUT2D eigenvalue weighted by molar-refractivity contribution is 0.0791. The van der Waals surface area contributed by atoms with Crippen molar-refractivity contribution in [3.8, 4) is 0 Å². The van der Waals surface area contributed by atoms with E-state index < -0.39 is 6.10 Å². The van der Waals surface area contributed by atoms with Crippen molar-refractivity contribution in [1.29, 1.82) is 0 Å². The molecule has 2 N–H and O–H groups in total. The zero-order chi connectivity index (χ0) is 17.1. The number of rotatable bonds is 5. The van der Waals surface area contributed by atoms with Crippen LogP contribution in [0.4, 0.5) is 0 Å². The maximum Gasteiger partial charge on any atom is 0.268 e. The number of nitrogens with one attached hydrogen (secondary N) is 1. The molecule has 1 fully saturated rings. The molecule has 1 amide bonds. The van der Waals surface area contributed by atoms with Crippen molar-refractivity contribution in [3.05, 3.63) is 36.0 Å². The molecule has 3 rings (SSSR count). The molecule has 0 spiro atoms. The Morgan fingerprint density at radius 1 is 1.33 bits per heavy atom. The van der Waals surface area contributed by atoms with E-state index in [9.17, 15) is 9.90 Å². The average Bonchev–Trinajstić information content (AvgIpc) is 2.92. The lowest BCUT2D eigenvalue weighted by Gasteiger charge is -2.31. The van der Waals surface area contributed by atoms with E-state index in [4.69, 9.17) is 0 Å². The SMILES string of the molecule is CC1CCN(CC(O)CNC(=O)c2cc3ccccc3n2C)CC1. The molecule has 5 nitrogen and oxygen atoms in total. The second kappa shape index (κ2) is 7.36. The summed E-state index contributed by atoms with van der Waals surface area (Å²) < 4.78 is 1.89. The van der Waals surface area contributed by atoms with Crippen LogP contribution >= 0.6 is 0 Å². The smallest absolute Gasteiger partial charge is 0.268 e. The maximum absolute atomic E-state index is 12.4. The molecule has 1 aliphatic heterocycles. The number of benzene rings is 1. The van der Waals surface area contributed by atoms with Crippen molar-refractivity contribution in [1.82, 2.24) is 14.8 Å². The monoisotopic (exact) mass is 329 g/mol. The summed E-state index contributed by atoms with van der Waals surface area (Å²) in [5.74, 6) is 0.643. The van der Waals surface area contributed by atoms with Crippen LogP contribution in [0.3, 0.4) is 0 Å². The first-order valence-corrected chi connectivity index (χ1v) is 8.77. The summed E-state index contributed by atoms with van der Waals surface area (Å²) in [7, 11) is 1.89. The molecule has 1 atom stereocenters. The van der Waals surface area contributed by atoms with Gasteiger partial charge in [-0.15, -0.1) is 0 Å². The van der Waals surface area contributed by atoms with Crippen LogP contribution in [0, 0.1) is 5.92 Å². The predicted molar refractivity (Wildman–Crippen MR) is 96.1 cm³/mol. The molecule has 1 unspecified atom stereocenters. The maximum atomic E-state index is 12.4. The molecule has 1 aromatic heterocycles. The summed E-state index contributed by atoms with van der Waals surface area (Å²) in [5, 5.41) is 14.1. The highest BCUT2D eigenvalue weighted by atomic mass is 16.3. The van der Waals surface area contributed by atoms with Crippen LogP contribution in [0.25, 0.3) is 10.9 Å². The first-order valence-electron chi connectivity index (χ1n) is 8.77. The number of aliphatic hydroxyl groups is 1. The van der Waals surface area contributed by atoms with E-state index in [1.807, 2.05) is 41.9 Å². The third-order valence-corrected chi connectivity index (χ3v) is 5.03. The minimum Gasteiger partial charge on any atom is -0.390 e. The number of hydrogen-bond acceptors (Lipinski definition) is 3. The predicted octanol–water partition coefficient (Wildman–Crippen LogP) is 2.00. The zero-order valence-electron chi connectivity index (χ0n) is 14.5. The fourth-order valence-corrected chi connectivity index (χ4v) is 3.42. The molecule has 1 aliphatic rings. The Kier molecular flexibility index (Phi) is 5.21. The molecule has 2 heterocycles. The topological polar surface area (TPSA) is 57.5 Å². The third-order valence-electron chi connectivity index (χ3n) is 5.03. The minimum absolute atomic E-state index is 0.139. The molecular weight excluding hydrogens is 302 g/mol. The van der Waals surface area contributed by atoms with E-state index in [0.29, 0.717) is 12.2 Å². The average molecular weight is 329 g/mol. The van der Waals surface area contributed by atoms with Crippen LogP contribution in [0.1, 0.15) is 30.3 Å². The van der Waals surface area contributed by atoms with Gasteiger partial charge < -0.3 is 19.9 Å². The van der Waals surface area contributed by atoms with Crippen LogP contribution in [-0.4, -0.2) is 52.8 Å². The second-order valence-electron chi connectivity index (χ2n) is 6.99. The largest absolute Gasteiger partial charge is 0.390 e. The van der Waals surface area contributed by atoms with Gasteiger partial charge in [0.25, 0.3) is 5.91 Å². The van der Waals surface area contributed by atoms with Gasteiger partial charge in [-0.3, -0.25) is 4.79 Å². The fraction of sp³-hybridized carbons (Fsp3) is 0.526. The number of piperidine rings is 1. The number of aliphatic hydroxyl groups excluding tert-OH is 1. The number of aromatic nitrogens is 1. The van der Waals surface area contributed by atoms with Gasteiger partial charge in [0.2, 0.25) is 0 Å². The number of β-amino-alcohol motifs (C(OH)–C–C–N with tert-alkyl or cyclic N) is 1. The normalized spacial score (nSPS) is 18.0. The van der Waals surface area contributed by atoms with Gasteiger partial charge in [-0.2, -0.15) is 0 Å². The van der Waals surface area contributed by atoms with Crippen molar-refractivity contribution in [2.24, 2.45) is 13.0 Å². The van der Waals surface area contributed by atoms with Gasteiger partial charge in [0, 0.05) is 31.0 Å². The summed E-state index contributed by atoms with van der Waals surface area (Å²) in [5.41, 5.74) is 1.65. The number of carbonyl (C=O) groups is 1. The minimum atomic E-state index is -0.531. The van der Waals surface area contributed by atoms with Crippen LogP contribution in [-0.2, 0) is 7.05 Å². The number of hydrogen-bond donors (Lipinski definition) is 2. The summed E-state index contributed by atoms with van der Waals surface area (Å²) >= 11 is 0. The molecule has 0 aliphatic carbocycles. The molecule has 130 valence electrons. The van der Waals surface area contributed by atoms with E-state index in [1.165, 1.54) is 12.8 Å². The highest BCUT2D eigenvalue weighted by Crippen LogP contribution is 2.18. The van der Waals surface area contributed by atoms with Crippen molar-refractivity contribution in [2.45, 2.75) is 25.9 Å². The van der Waals surface area contributed by atoms with Gasteiger partial charge in [0.1, 0.15) is 5.69 Å². The Balaban J connectivity index is 1.53. The van der Waals surface area contributed by atoms with Crippen LogP contribution in [0.15, 0.2) is 30.3 Å². The molecule has 24 heavy (non-hydrogen) atoms. The Labute approximate surface area is 143 Å². The van der Waals surface area contributed by atoms with E-state index in [-0.39, 0.29) is 12.5 Å². The summed E-state index contributed by atoms with van der Waals surface area (Å²) in [6.07, 6.45) is 1.85. The lowest BCUT2D eigenvalue weighted by Crippen LogP contribution is -2.43. The van der Waals surface area contributed by atoms with E-state index in [1.54, 1.807) is 0 Å². The molecular formula is C19H27N3O2. The van der Waals surface area contributed by atoms with E-state index in [0.717, 1.165) is 29.9 Å². The van der Waals surface area contributed by atoms with E-state index in [2.05, 4.69) is 17.1 Å². The van der Waals surface area contributed by atoms with Gasteiger partial charge in [-0.05, 0) is 44.0 Å². The first kappa shape index (κ1) is 17.0. The number of para-hydroxylation sites is 1. The zero-order valence-corrected chi connectivity index (χ0v) is 14.5. The quantitative estimate of drug-likeness (QED) is 0.882. The van der Waals surface area contributed by atoms with Crippen molar-refractivity contribution in [3.63, 3.8) is 0 Å². The van der Waals surface area contributed by atoms with Crippen LogP contribution < -0.4 is 5.32 Å². The van der Waals surface area contributed by atoms with Gasteiger partial charge in [0.15, 0.2) is 0 Å². The van der Waals surface area contributed by atoms with Crippen molar-refractivity contribution in [2.75, 3.05) is 26.2 Å². The fourth-order valence-electron chi connectivity index (χ4n) is 3.42. The van der Waals surface area contributed by atoms with Crippen LogP contribution in [0.5, 0.6) is 0 Å².